The summed E-state index contributed by atoms with van der Waals surface area (Å²) in [5, 5.41) is 3.53. The van der Waals surface area contributed by atoms with E-state index in [1.807, 2.05) is 0 Å². The van der Waals surface area contributed by atoms with E-state index >= 15 is 0 Å². The Bertz CT molecular complexity index is 133. The maximum atomic E-state index is 3.53. The molecule has 98 valence electrons. The first-order valence-corrected chi connectivity index (χ1v) is 7.43. The van der Waals surface area contributed by atoms with Crippen LogP contribution in [-0.4, -0.2) is 13.1 Å². The van der Waals surface area contributed by atoms with Crippen LogP contribution in [0.5, 0.6) is 0 Å². The lowest BCUT2D eigenvalue weighted by Crippen LogP contribution is -2.25. The Kier molecular flexibility index (Phi) is 11.4. The van der Waals surface area contributed by atoms with Gasteiger partial charge in [-0.25, -0.2) is 0 Å². The smallest absolute Gasteiger partial charge is 0.00206 e. The van der Waals surface area contributed by atoms with Crippen LogP contribution in [0.3, 0.4) is 0 Å². The minimum absolute atomic E-state index is 0.831. The second-order valence-electron chi connectivity index (χ2n) is 5.36. The van der Waals surface area contributed by atoms with Gasteiger partial charge in [-0.3, -0.25) is 0 Å². The molecule has 1 heteroatoms. The third-order valence-corrected chi connectivity index (χ3v) is 3.63. The molecule has 0 aliphatic heterocycles. The van der Waals surface area contributed by atoms with Gasteiger partial charge < -0.3 is 5.32 Å². The van der Waals surface area contributed by atoms with Crippen molar-refractivity contribution in [3.63, 3.8) is 0 Å². The lowest BCUT2D eigenvalue weighted by Gasteiger charge is -2.20. The van der Waals surface area contributed by atoms with Crippen LogP contribution in [0.15, 0.2) is 0 Å². The first kappa shape index (κ1) is 16.0. The Hall–Kier alpha value is -0.0400. The molecule has 0 aliphatic rings. The molecule has 0 amide bonds. The SMILES string of the molecule is CCCCCCCC(C)C(C)CNCCC. The Labute approximate surface area is 103 Å². The summed E-state index contributed by atoms with van der Waals surface area (Å²) in [6, 6.07) is 0. The van der Waals surface area contributed by atoms with Gasteiger partial charge in [0.15, 0.2) is 0 Å². The third-order valence-electron chi connectivity index (χ3n) is 3.63. The summed E-state index contributed by atoms with van der Waals surface area (Å²) in [6.45, 7) is 11.7. The average Bonchev–Trinajstić information content (AvgIpc) is 2.28. The zero-order chi connectivity index (χ0) is 12.2. The van der Waals surface area contributed by atoms with Gasteiger partial charge in [0.05, 0.1) is 0 Å². The van der Waals surface area contributed by atoms with Crippen LogP contribution in [0.25, 0.3) is 0 Å². The van der Waals surface area contributed by atoms with E-state index in [2.05, 4.69) is 33.0 Å². The summed E-state index contributed by atoms with van der Waals surface area (Å²) < 4.78 is 0. The van der Waals surface area contributed by atoms with Gasteiger partial charge in [-0.1, -0.05) is 66.2 Å². The van der Waals surface area contributed by atoms with Crippen molar-refractivity contribution in [3.05, 3.63) is 0 Å². The minimum Gasteiger partial charge on any atom is -0.316 e. The van der Waals surface area contributed by atoms with Gasteiger partial charge in [0, 0.05) is 0 Å². The summed E-state index contributed by atoms with van der Waals surface area (Å²) in [4.78, 5) is 0. The van der Waals surface area contributed by atoms with Crippen LogP contribution in [0.4, 0.5) is 0 Å². The normalized spacial score (nSPS) is 15.0. The van der Waals surface area contributed by atoms with E-state index in [-0.39, 0.29) is 0 Å². The molecule has 0 saturated heterocycles. The van der Waals surface area contributed by atoms with Crippen molar-refractivity contribution in [2.75, 3.05) is 13.1 Å². The van der Waals surface area contributed by atoms with E-state index in [0.29, 0.717) is 0 Å². The predicted octanol–water partition coefficient (Wildman–Crippen LogP) is 4.62. The molecule has 0 aromatic heterocycles. The fraction of sp³-hybridized carbons (Fsp3) is 1.00. The van der Waals surface area contributed by atoms with Gasteiger partial charge in [0.25, 0.3) is 0 Å². The first-order valence-electron chi connectivity index (χ1n) is 7.43. The molecule has 0 bridgehead atoms. The molecule has 0 aromatic carbocycles. The highest BCUT2D eigenvalue weighted by atomic mass is 14.8. The highest BCUT2D eigenvalue weighted by molar-refractivity contribution is 4.64. The monoisotopic (exact) mass is 227 g/mol. The molecular weight excluding hydrogens is 194 g/mol. The molecule has 1 N–H and O–H groups in total. The largest absolute Gasteiger partial charge is 0.316 e. The molecule has 0 spiro atoms. The van der Waals surface area contributed by atoms with Crippen molar-refractivity contribution < 1.29 is 0 Å². The summed E-state index contributed by atoms with van der Waals surface area (Å²) in [5.41, 5.74) is 0. The van der Waals surface area contributed by atoms with E-state index < -0.39 is 0 Å². The lowest BCUT2D eigenvalue weighted by atomic mass is 9.90. The molecule has 0 rings (SSSR count). The zero-order valence-corrected chi connectivity index (χ0v) is 12.0. The number of hydrogen-bond acceptors (Lipinski definition) is 1. The molecule has 16 heavy (non-hydrogen) atoms. The predicted molar refractivity (Wildman–Crippen MR) is 74.9 cm³/mol. The molecule has 0 heterocycles. The molecule has 2 unspecified atom stereocenters. The minimum atomic E-state index is 0.831. The van der Waals surface area contributed by atoms with Crippen molar-refractivity contribution >= 4 is 0 Å². The Morgan fingerprint density at radius 2 is 1.50 bits per heavy atom. The van der Waals surface area contributed by atoms with Gasteiger partial charge in [-0.05, 0) is 31.3 Å². The van der Waals surface area contributed by atoms with E-state index in [1.54, 1.807) is 0 Å². The van der Waals surface area contributed by atoms with Gasteiger partial charge >= 0.3 is 0 Å². The summed E-state index contributed by atoms with van der Waals surface area (Å²) in [6.07, 6.45) is 9.74. The molecule has 0 fully saturated rings. The van der Waals surface area contributed by atoms with Crippen LogP contribution in [-0.2, 0) is 0 Å². The van der Waals surface area contributed by atoms with Crippen LogP contribution in [0, 0.1) is 11.8 Å². The second-order valence-corrected chi connectivity index (χ2v) is 5.36. The van der Waals surface area contributed by atoms with Crippen LogP contribution in [0.2, 0.25) is 0 Å². The van der Waals surface area contributed by atoms with Gasteiger partial charge in [-0.15, -0.1) is 0 Å². The Morgan fingerprint density at radius 3 is 2.12 bits per heavy atom. The fourth-order valence-corrected chi connectivity index (χ4v) is 2.06. The summed E-state index contributed by atoms with van der Waals surface area (Å²) in [5.74, 6) is 1.71. The zero-order valence-electron chi connectivity index (χ0n) is 12.0. The van der Waals surface area contributed by atoms with Gasteiger partial charge in [0.1, 0.15) is 0 Å². The summed E-state index contributed by atoms with van der Waals surface area (Å²) >= 11 is 0. The fourth-order valence-electron chi connectivity index (χ4n) is 2.06. The van der Waals surface area contributed by atoms with Crippen LogP contribution in [0.1, 0.15) is 72.6 Å². The van der Waals surface area contributed by atoms with Crippen LogP contribution < -0.4 is 5.32 Å². The summed E-state index contributed by atoms with van der Waals surface area (Å²) in [7, 11) is 0. The van der Waals surface area contributed by atoms with Crippen molar-refractivity contribution in [3.8, 4) is 0 Å². The molecule has 2 atom stereocenters. The van der Waals surface area contributed by atoms with E-state index in [4.69, 9.17) is 0 Å². The standard InChI is InChI=1S/C15H33N/c1-5-7-8-9-10-11-14(3)15(4)13-16-12-6-2/h14-16H,5-13H2,1-4H3. The number of rotatable bonds is 11. The molecule has 0 aromatic rings. The number of unbranched alkanes of at least 4 members (excludes halogenated alkanes) is 4. The molecular formula is C15H33N. The molecule has 0 aliphatic carbocycles. The van der Waals surface area contributed by atoms with Gasteiger partial charge in [0.2, 0.25) is 0 Å². The van der Waals surface area contributed by atoms with Crippen LogP contribution >= 0.6 is 0 Å². The topological polar surface area (TPSA) is 12.0 Å². The first-order chi connectivity index (χ1) is 7.72. The maximum Gasteiger partial charge on any atom is -0.00206 e. The van der Waals surface area contributed by atoms with Crippen molar-refractivity contribution in [1.29, 1.82) is 0 Å². The van der Waals surface area contributed by atoms with Crippen molar-refractivity contribution in [2.45, 2.75) is 72.6 Å². The molecule has 1 nitrogen and oxygen atoms in total. The highest BCUT2D eigenvalue weighted by Gasteiger charge is 2.10. The quantitative estimate of drug-likeness (QED) is 0.508. The van der Waals surface area contributed by atoms with E-state index in [9.17, 15) is 0 Å². The maximum absolute atomic E-state index is 3.53. The third kappa shape index (κ3) is 9.21. The molecule has 0 radical (unpaired) electrons. The Morgan fingerprint density at radius 1 is 0.812 bits per heavy atom. The Balaban J connectivity index is 3.36. The van der Waals surface area contributed by atoms with Crippen molar-refractivity contribution in [1.82, 2.24) is 5.32 Å². The lowest BCUT2D eigenvalue weighted by molar-refractivity contribution is 0.336. The van der Waals surface area contributed by atoms with E-state index in [1.165, 1.54) is 58.0 Å². The second kappa shape index (κ2) is 11.4. The number of nitrogens with one attached hydrogen (secondary N) is 1. The van der Waals surface area contributed by atoms with E-state index in [0.717, 1.165) is 11.8 Å². The van der Waals surface area contributed by atoms with Crippen molar-refractivity contribution in [2.24, 2.45) is 11.8 Å². The highest BCUT2D eigenvalue weighted by Crippen LogP contribution is 2.18. The molecule has 0 saturated carbocycles. The number of hydrogen-bond donors (Lipinski definition) is 1. The average molecular weight is 227 g/mol. The van der Waals surface area contributed by atoms with Gasteiger partial charge in [-0.2, -0.15) is 0 Å².